The van der Waals surface area contributed by atoms with Gasteiger partial charge < -0.3 is 9.47 Å². The lowest BCUT2D eigenvalue weighted by Crippen LogP contribution is -2.26. The molecule has 0 heterocycles. The smallest absolute Gasteiger partial charge is 0.242 e. The van der Waals surface area contributed by atoms with Gasteiger partial charge in [-0.1, -0.05) is 17.7 Å². The zero-order valence-electron chi connectivity index (χ0n) is 14.6. The summed E-state index contributed by atoms with van der Waals surface area (Å²) >= 11 is 5.82. The second-order valence-corrected chi connectivity index (χ2v) is 7.51. The molecule has 5 nitrogen and oxygen atoms in total. The zero-order valence-corrected chi connectivity index (χ0v) is 16.2. The van der Waals surface area contributed by atoms with Crippen molar-refractivity contribution in [1.82, 2.24) is 4.72 Å². The molecule has 0 radical (unpaired) electrons. The van der Waals surface area contributed by atoms with E-state index in [9.17, 15) is 12.8 Å². The van der Waals surface area contributed by atoms with Crippen molar-refractivity contribution >= 4 is 21.6 Å². The monoisotopic (exact) mass is 401 g/mol. The molecule has 0 aliphatic rings. The van der Waals surface area contributed by atoms with Gasteiger partial charge in [-0.2, -0.15) is 0 Å². The molecule has 8 heteroatoms. The zero-order chi connectivity index (χ0) is 19.2. The summed E-state index contributed by atoms with van der Waals surface area (Å²) in [6, 6.07) is 8.65. The van der Waals surface area contributed by atoms with E-state index in [0.29, 0.717) is 31.1 Å². The highest BCUT2D eigenvalue weighted by molar-refractivity contribution is 7.89. The van der Waals surface area contributed by atoms with Gasteiger partial charge in [-0.3, -0.25) is 0 Å². The quantitative estimate of drug-likeness (QED) is 0.694. The Morgan fingerprint density at radius 3 is 2.38 bits per heavy atom. The first-order chi connectivity index (χ1) is 12.4. The van der Waals surface area contributed by atoms with E-state index in [1.54, 1.807) is 6.07 Å². The van der Waals surface area contributed by atoms with Crippen LogP contribution in [-0.4, -0.2) is 28.2 Å². The summed E-state index contributed by atoms with van der Waals surface area (Å²) in [4.78, 5) is -0.151. The van der Waals surface area contributed by atoms with Gasteiger partial charge in [-0.05, 0) is 56.2 Å². The van der Waals surface area contributed by atoms with Gasteiger partial charge in [-0.15, -0.1) is 0 Å². The maximum atomic E-state index is 13.1. The summed E-state index contributed by atoms with van der Waals surface area (Å²) in [5.41, 5.74) is 0.893. The van der Waals surface area contributed by atoms with Crippen LogP contribution in [0, 0.1) is 5.82 Å². The maximum absolute atomic E-state index is 13.1. The number of ether oxygens (including phenoxy) is 2. The van der Waals surface area contributed by atoms with Crippen molar-refractivity contribution in [3.05, 3.63) is 52.8 Å². The van der Waals surface area contributed by atoms with Crippen molar-refractivity contribution in [2.45, 2.75) is 25.2 Å². The average Bonchev–Trinajstić information content (AvgIpc) is 2.57. The minimum Gasteiger partial charge on any atom is -0.490 e. The summed E-state index contributed by atoms with van der Waals surface area (Å²) in [5.74, 6) is 0.680. The number of sulfonamides is 1. The van der Waals surface area contributed by atoms with E-state index in [1.165, 1.54) is 0 Å². The number of rotatable bonds is 9. The molecule has 0 bridgehead atoms. The Hall–Kier alpha value is -1.83. The van der Waals surface area contributed by atoms with Crippen molar-refractivity contribution in [3.63, 3.8) is 0 Å². The normalized spacial score (nSPS) is 11.4. The van der Waals surface area contributed by atoms with E-state index in [2.05, 4.69) is 4.72 Å². The topological polar surface area (TPSA) is 64.6 Å². The standard InChI is InChI=1S/C18H21ClFNO4S/c1-3-24-16-7-5-13(11-17(16)25-4-2)9-10-21-26(22,23)18-8-6-14(20)12-15(18)19/h5-8,11-12,21H,3-4,9-10H2,1-2H3. The largest absolute Gasteiger partial charge is 0.490 e. The van der Waals surface area contributed by atoms with Crippen LogP contribution in [0.1, 0.15) is 19.4 Å². The number of hydrogen-bond donors (Lipinski definition) is 1. The Bertz CT molecular complexity index is 858. The van der Waals surface area contributed by atoms with Gasteiger partial charge in [0.1, 0.15) is 10.7 Å². The van der Waals surface area contributed by atoms with Gasteiger partial charge in [0, 0.05) is 6.54 Å². The van der Waals surface area contributed by atoms with Crippen molar-refractivity contribution in [1.29, 1.82) is 0 Å². The second kappa shape index (κ2) is 9.21. The van der Waals surface area contributed by atoms with Crippen LogP contribution < -0.4 is 14.2 Å². The molecule has 0 fully saturated rings. The summed E-state index contributed by atoms with van der Waals surface area (Å²) in [7, 11) is -3.82. The number of hydrogen-bond acceptors (Lipinski definition) is 4. The Kier molecular flexibility index (Phi) is 7.25. The fourth-order valence-electron chi connectivity index (χ4n) is 2.35. The fourth-order valence-corrected chi connectivity index (χ4v) is 3.91. The van der Waals surface area contributed by atoms with Crippen LogP contribution in [0.25, 0.3) is 0 Å². The maximum Gasteiger partial charge on any atom is 0.242 e. The molecule has 26 heavy (non-hydrogen) atoms. The molecule has 0 unspecified atom stereocenters. The third-order valence-electron chi connectivity index (χ3n) is 3.50. The minimum atomic E-state index is -3.82. The third-order valence-corrected chi connectivity index (χ3v) is 5.44. The Labute approximate surface area is 158 Å². The number of benzene rings is 2. The molecule has 1 N–H and O–H groups in total. The predicted octanol–water partition coefficient (Wildman–Crippen LogP) is 3.80. The Balaban J connectivity index is 2.05. The fraction of sp³-hybridized carbons (Fsp3) is 0.333. The molecule has 0 aromatic heterocycles. The van der Waals surface area contributed by atoms with Crippen LogP contribution in [0.15, 0.2) is 41.3 Å². The van der Waals surface area contributed by atoms with Crippen LogP contribution in [0.5, 0.6) is 11.5 Å². The van der Waals surface area contributed by atoms with Crippen LogP contribution in [-0.2, 0) is 16.4 Å². The lowest BCUT2D eigenvalue weighted by atomic mass is 10.1. The van der Waals surface area contributed by atoms with Crippen LogP contribution in [0.2, 0.25) is 5.02 Å². The van der Waals surface area contributed by atoms with Crippen molar-refractivity contribution in [2.75, 3.05) is 19.8 Å². The molecule has 0 atom stereocenters. The highest BCUT2D eigenvalue weighted by Gasteiger charge is 2.18. The average molecular weight is 402 g/mol. The van der Waals surface area contributed by atoms with Crippen LogP contribution in [0.3, 0.4) is 0 Å². The second-order valence-electron chi connectivity index (χ2n) is 5.37. The van der Waals surface area contributed by atoms with Crippen molar-refractivity contribution in [3.8, 4) is 11.5 Å². The third kappa shape index (κ3) is 5.33. The molecule has 2 rings (SSSR count). The van der Waals surface area contributed by atoms with E-state index in [0.717, 1.165) is 23.8 Å². The van der Waals surface area contributed by atoms with Crippen molar-refractivity contribution < 1.29 is 22.3 Å². The predicted molar refractivity (Wildman–Crippen MR) is 99.1 cm³/mol. The molecule has 0 aliphatic carbocycles. The van der Waals surface area contributed by atoms with Crippen LogP contribution in [0.4, 0.5) is 4.39 Å². The molecule has 0 saturated carbocycles. The summed E-state index contributed by atoms with van der Waals surface area (Å²) in [6.45, 7) is 4.95. The van der Waals surface area contributed by atoms with Crippen LogP contribution >= 0.6 is 11.6 Å². The Morgan fingerprint density at radius 1 is 1.04 bits per heavy atom. The van der Waals surface area contributed by atoms with Gasteiger partial charge in [0.25, 0.3) is 0 Å². The van der Waals surface area contributed by atoms with E-state index in [1.807, 2.05) is 26.0 Å². The lowest BCUT2D eigenvalue weighted by Gasteiger charge is -2.13. The van der Waals surface area contributed by atoms with E-state index < -0.39 is 15.8 Å². The van der Waals surface area contributed by atoms with Gasteiger partial charge in [-0.25, -0.2) is 17.5 Å². The summed E-state index contributed by atoms with van der Waals surface area (Å²) < 4.78 is 51.2. The van der Waals surface area contributed by atoms with Gasteiger partial charge in [0.15, 0.2) is 11.5 Å². The molecule has 0 spiro atoms. The molecule has 0 amide bonds. The molecule has 2 aromatic rings. The Morgan fingerprint density at radius 2 is 1.73 bits per heavy atom. The number of halogens is 2. The minimum absolute atomic E-state index is 0.151. The highest BCUT2D eigenvalue weighted by Crippen LogP contribution is 2.28. The molecule has 0 aliphatic heterocycles. The summed E-state index contributed by atoms with van der Waals surface area (Å²) in [6.07, 6.45) is 0.449. The highest BCUT2D eigenvalue weighted by atomic mass is 35.5. The first kappa shape index (κ1) is 20.5. The first-order valence-electron chi connectivity index (χ1n) is 8.20. The SMILES string of the molecule is CCOc1ccc(CCNS(=O)(=O)c2ccc(F)cc2Cl)cc1OCC. The molecule has 142 valence electrons. The van der Waals surface area contributed by atoms with Crippen molar-refractivity contribution in [2.24, 2.45) is 0 Å². The van der Waals surface area contributed by atoms with E-state index in [4.69, 9.17) is 21.1 Å². The molecular weight excluding hydrogens is 381 g/mol. The molecule has 0 saturated heterocycles. The lowest BCUT2D eigenvalue weighted by molar-refractivity contribution is 0.287. The first-order valence-corrected chi connectivity index (χ1v) is 10.1. The molecular formula is C18H21ClFNO4S. The number of nitrogens with one attached hydrogen (secondary N) is 1. The van der Waals surface area contributed by atoms with E-state index >= 15 is 0 Å². The van der Waals surface area contributed by atoms with E-state index in [-0.39, 0.29) is 16.5 Å². The summed E-state index contributed by atoms with van der Waals surface area (Å²) in [5, 5.41) is -0.155. The van der Waals surface area contributed by atoms with Gasteiger partial charge in [0.05, 0.1) is 18.2 Å². The van der Waals surface area contributed by atoms with Gasteiger partial charge >= 0.3 is 0 Å². The van der Waals surface area contributed by atoms with Gasteiger partial charge in [0.2, 0.25) is 10.0 Å². The molecule has 2 aromatic carbocycles.